The number of carbonyl (C=O) groups is 1. The Hall–Kier alpha value is -1.30. The Morgan fingerprint density at radius 1 is 1.32 bits per heavy atom. The van der Waals surface area contributed by atoms with Gasteiger partial charge in [0.2, 0.25) is 0 Å². The van der Waals surface area contributed by atoms with Crippen LogP contribution in [0.4, 0.5) is 5.69 Å². The van der Waals surface area contributed by atoms with E-state index in [1.165, 1.54) is 0 Å². The normalized spacial score (nSPS) is 16.6. The minimum Gasteiger partial charge on any atom is -0.399 e. The van der Waals surface area contributed by atoms with Gasteiger partial charge in [0.15, 0.2) is 0 Å². The molecule has 0 unspecified atom stereocenters. The minimum atomic E-state index is -0.0614. The number of amides is 1. The molecule has 3 N–H and O–H groups in total. The molecule has 1 aliphatic heterocycles. The molecular formula is C13H18ClN3O2. The van der Waals surface area contributed by atoms with Gasteiger partial charge >= 0.3 is 0 Å². The van der Waals surface area contributed by atoms with Gasteiger partial charge in [0, 0.05) is 38.4 Å². The average Bonchev–Trinajstić information content (AvgIpc) is 2.39. The van der Waals surface area contributed by atoms with Crippen LogP contribution in [0.25, 0.3) is 0 Å². The second-order valence-corrected chi connectivity index (χ2v) is 5.00. The summed E-state index contributed by atoms with van der Waals surface area (Å²) < 4.78 is 0. The Balaban J connectivity index is 2.01. The third kappa shape index (κ3) is 3.37. The lowest BCUT2D eigenvalue weighted by Crippen LogP contribution is -2.49. The minimum absolute atomic E-state index is 0.0614. The number of benzene rings is 1. The number of anilines is 1. The van der Waals surface area contributed by atoms with E-state index in [-0.39, 0.29) is 12.5 Å². The summed E-state index contributed by atoms with van der Waals surface area (Å²) in [4.78, 5) is 16.2. The van der Waals surface area contributed by atoms with Crippen LogP contribution >= 0.6 is 11.6 Å². The lowest BCUT2D eigenvalue weighted by molar-refractivity contribution is 0.0615. The molecule has 1 heterocycles. The van der Waals surface area contributed by atoms with Crippen molar-refractivity contribution >= 4 is 23.2 Å². The maximum absolute atomic E-state index is 12.3. The van der Waals surface area contributed by atoms with Gasteiger partial charge in [-0.2, -0.15) is 0 Å². The monoisotopic (exact) mass is 283 g/mol. The first-order valence-electron chi connectivity index (χ1n) is 6.29. The summed E-state index contributed by atoms with van der Waals surface area (Å²) in [6, 6.07) is 4.94. The molecule has 6 heteroatoms. The lowest BCUT2D eigenvalue weighted by Gasteiger charge is -2.34. The van der Waals surface area contributed by atoms with Crippen molar-refractivity contribution in [1.82, 2.24) is 9.80 Å². The van der Waals surface area contributed by atoms with Crippen LogP contribution in [-0.4, -0.2) is 60.1 Å². The SMILES string of the molecule is Nc1ccc(C(=O)N2CCN(CCO)CC2)c(Cl)c1. The Kier molecular flexibility index (Phi) is 4.63. The standard InChI is InChI=1S/C13H18ClN3O2/c14-12-9-10(15)1-2-11(12)13(19)17-5-3-16(4-6-17)7-8-18/h1-2,9,18H,3-8,15H2. The molecule has 0 radical (unpaired) electrons. The number of hydrogen-bond donors (Lipinski definition) is 2. The van der Waals surface area contributed by atoms with E-state index in [1.807, 2.05) is 0 Å². The van der Waals surface area contributed by atoms with Crippen molar-refractivity contribution in [3.63, 3.8) is 0 Å². The molecule has 1 saturated heterocycles. The lowest BCUT2D eigenvalue weighted by atomic mass is 10.1. The molecular weight excluding hydrogens is 266 g/mol. The van der Waals surface area contributed by atoms with E-state index in [1.54, 1.807) is 23.1 Å². The first-order valence-corrected chi connectivity index (χ1v) is 6.67. The summed E-state index contributed by atoms with van der Waals surface area (Å²) in [5.41, 5.74) is 6.66. The Morgan fingerprint density at radius 2 is 2.00 bits per heavy atom. The summed E-state index contributed by atoms with van der Waals surface area (Å²) >= 11 is 6.05. The number of halogens is 1. The van der Waals surface area contributed by atoms with E-state index in [4.69, 9.17) is 22.4 Å². The van der Waals surface area contributed by atoms with Crippen molar-refractivity contribution in [3.05, 3.63) is 28.8 Å². The molecule has 1 amide bonds. The third-order valence-corrected chi connectivity index (χ3v) is 3.61. The van der Waals surface area contributed by atoms with Crippen molar-refractivity contribution in [1.29, 1.82) is 0 Å². The van der Waals surface area contributed by atoms with Crippen LogP contribution in [0, 0.1) is 0 Å². The Bertz CT molecular complexity index is 459. The van der Waals surface area contributed by atoms with Crippen molar-refractivity contribution < 1.29 is 9.90 Å². The molecule has 1 aliphatic rings. The van der Waals surface area contributed by atoms with Crippen LogP contribution in [0.3, 0.4) is 0 Å². The third-order valence-electron chi connectivity index (χ3n) is 3.30. The largest absolute Gasteiger partial charge is 0.399 e. The molecule has 1 aromatic carbocycles. The predicted octanol–water partition coefficient (Wildman–Crippen LogP) is 0.672. The maximum Gasteiger partial charge on any atom is 0.255 e. The molecule has 19 heavy (non-hydrogen) atoms. The smallest absolute Gasteiger partial charge is 0.255 e. The van der Waals surface area contributed by atoms with Gasteiger partial charge in [-0.25, -0.2) is 0 Å². The van der Waals surface area contributed by atoms with Crippen LogP contribution in [0.15, 0.2) is 18.2 Å². The number of hydrogen-bond acceptors (Lipinski definition) is 4. The fourth-order valence-corrected chi connectivity index (χ4v) is 2.46. The molecule has 0 aromatic heterocycles. The van der Waals surface area contributed by atoms with Crippen LogP contribution in [0.5, 0.6) is 0 Å². The van der Waals surface area contributed by atoms with Gasteiger partial charge < -0.3 is 15.7 Å². The van der Waals surface area contributed by atoms with Gasteiger partial charge in [0.1, 0.15) is 0 Å². The number of nitrogen functional groups attached to an aromatic ring is 1. The molecule has 2 rings (SSSR count). The molecule has 0 atom stereocenters. The van der Waals surface area contributed by atoms with E-state index < -0.39 is 0 Å². The fourth-order valence-electron chi connectivity index (χ4n) is 2.19. The van der Waals surface area contributed by atoms with Gasteiger partial charge in [-0.05, 0) is 18.2 Å². The van der Waals surface area contributed by atoms with Crippen LogP contribution in [-0.2, 0) is 0 Å². The van der Waals surface area contributed by atoms with Gasteiger partial charge in [0.05, 0.1) is 17.2 Å². The number of nitrogens with zero attached hydrogens (tertiary/aromatic N) is 2. The molecule has 0 spiro atoms. The highest BCUT2D eigenvalue weighted by Crippen LogP contribution is 2.21. The topological polar surface area (TPSA) is 69.8 Å². The predicted molar refractivity (Wildman–Crippen MR) is 75.3 cm³/mol. The van der Waals surface area contributed by atoms with Gasteiger partial charge in [-0.15, -0.1) is 0 Å². The number of nitrogens with two attached hydrogens (primary N) is 1. The molecule has 0 aliphatic carbocycles. The number of aliphatic hydroxyl groups is 1. The highest BCUT2D eigenvalue weighted by atomic mass is 35.5. The summed E-state index contributed by atoms with van der Waals surface area (Å²) in [5, 5.41) is 9.27. The summed E-state index contributed by atoms with van der Waals surface area (Å²) in [7, 11) is 0. The first kappa shape index (κ1) is 14.1. The van der Waals surface area contributed by atoms with E-state index >= 15 is 0 Å². The zero-order valence-electron chi connectivity index (χ0n) is 10.7. The van der Waals surface area contributed by atoms with Crippen LogP contribution in [0.1, 0.15) is 10.4 Å². The Morgan fingerprint density at radius 3 is 2.58 bits per heavy atom. The molecule has 5 nitrogen and oxygen atoms in total. The second kappa shape index (κ2) is 6.23. The fraction of sp³-hybridized carbons (Fsp3) is 0.462. The quantitative estimate of drug-likeness (QED) is 0.800. The molecule has 1 aromatic rings. The van der Waals surface area contributed by atoms with Crippen LogP contribution < -0.4 is 5.73 Å². The highest BCUT2D eigenvalue weighted by molar-refractivity contribution is 6.34. The van der Waals surface area contributed by atoms with E-state index in [2.05, 4.69) is 4.90 Å². The molecule has 0 saturated carbocycles. The number of piperazine rings is 1. The van der Waals surface area contributed by atoms with Crippen molar-refractivity contribution in [2.45, 2.75) is 0 Å². The average molecular weight is 284 g/mol. The number of aliphatic hydroxyl groups excluding tert-OH is 1. The molecule has 104 valence electrons. The summed E-state index contributed by atoms with van der Waals surface area (Å²) in [6.07, 6.45) is 0. The van der Waals surface area contributed by atoms with Crippen molar-refractivity contribution in [3.8, 4) is 0 Å². The van der Waals surface area contributed by atoms with Gasteiger partial charge in [-0.1, -0.05) is 11.6 Å². The van der Waals surface area contributed by atoms with Crippen molar-refractivity contribution in [2.24, 2.45) is 0 Å². The van der Waals surface area contributed by atoms with Crippen molar-refractivity contribution in [2.75, 3.05) is 45.1 Å². The zero-order valence-corrected chi connectivity index (χ0v) is 11.4. The maximum atomic E-state index is 12.3. The number of β-amino-alcohol motifs (C(OH)–C–C–N with tert-alkyl or cyclic N) is 1. The number of rotatable bonds is 3. The Labute approximate surface area is 117 Å². The second-order valence-electron chi connectivity index (χ2n) is 4.60. The van der Waals surface area contributed by atoms with Gasteiger partial charge in [-0.3, -0.25) is 9.69 Å². The summed E-state index contributed by atoms with van der Waals surface area (Å²) in [5.74, 6) is -0.0614. The molecule has 0 bridgehead atoms. The van der Waals surface area contributed by atoms with Crippen LogP contribution in [0.2, 0.25) is 5.02 Å². The van der Waals surface area contributed by atoms with Gasteiger partial charge in [0.25, 0.3) is 5.91 Å². The first-order chi connectivity index (χ1) is 9.11. The summed E-state index contributed by atoms with van der Waals surface area (Å²) in [6.45, 7) is 3.67. The van der Waals surface area contributed by atoms with E-state index in [0.29, 0.717) is 35.9 Å². The molecule has 1 fully saturated rings. The number of carbonyl (C=O) groups excluding carboxylic acids is 1. The zero-order chi connectivity index (χ0) is 13.8. The highest BCUT2D eigenvalue weighted by Gasteiger charge is 2.23. The van der Waals surface area contributed by atoms with E-state index in [0.717, 1.165) is 13.1 Å². The van der Waals surface area contributed by atoms with E-state index in [9.17, 15) is 4.79 Å².